The first-order valence-electron chi connectivity index (χ1n) is 3.97. The minimum absolute atomic E-state index is 0.0607. The maximum atomic E-state index is 10.4. The quantitative estimate of drug-likeness (QED) is 0.462. The molecule has 0 N–H and O–H groups in total. The van der Waals surface area contributed by atoms with E-state index < -0.39 is 0 Å². The van der Waals surface area contributed by atoms with Crippen LogP contribution in [0.2, 0.25) is 0 Å². The summed E-state index contributed by atoms with van der Waals surface area (Å²) in [6.07, 6.45) is 8.33. The molecular weight excluding hydrogens is 152 g/mol. The molecule has 0 heterocycles. The smallest absolute Gasteiger partial charge is 0.152 e. The normalized spacial score (nSPS) is 11.2. The van der Waals surface area contributed by atoms with E-state index in [0.717, 1.165) is 12.8 Å². The minimum atomic E-state index is 0.0607. The number of allylic oxidation sites excluding steroid dienone is 4. The molecule has 0 aromatic heterocycles. The van der Waals surface area contributed by atoms with Crippen molar-refractivity contribution in [2.75, 3.05) is 0 Å². The summed E-state index contributed by atoms with van der Waals surface area (Å²) >= 11 is 0. The molecule has 0 saturated carbocycles. The molecule has 0 saturated heterocycles. The van der Waals surface area contributed by atoms with Crippen molar-refractivity contribution < 1.29 is 9.59 Å². The second kappa shape index (κ2) is 6.53. The summed E-state index contributed by atoms with van der Waals surface area (Å²) in [4.78, 5) is 20.9. The van der Waals surface area contributed by atoms with Gasteiger partial charge in [0, 0.05) is 0 Å². The molecule has 0 aliphatic rings. The lowest BCUT2D eigenvalue weighted by Crippen LogP contribution is -1.80. The van der Waals surface area contributed by atoms with E-state index in [1.165, 1.54) is 13.8 Å². The monoisotopic (exact) mass is 166 g/mol. The van der Waals surface area contributed by atoms with Crippen LogP contribution in [0.25, 0.3) is 0 Å². The summed E-state index contributed by atoms with van der Waals surface area (Å²) in [6, 6.07) is 0. The van der Waals surface area contributed by atoms with E-state index in [1.807, 2.05) is 12.2 Å². The Morgan fingerprint density at radius 2 is 1.25 bits per heavy atom. The Bertz CT molecular complexity index is 188. The molecule has 0 atom stereocenters. The minimum Gasteiger partial charge on any atom is -0.295 e. The summed E-state index contributed by atoms with van der Waals surface area (Å²) in [5.74, 6) is 0.121. The van der Waals surface area contributed by atoms with Gasteiger partial charge in [-0.25, -0.2) is 0 Å². The van der Waals surface area contributed by atoms with Crippen LogP contribution in [0.1, 0.15) is 26.7 Å². The third kappa shape index (κ3) is 8.82. The van der Waals surface area contributed by atoms with Gasteiger partial charge >= 0.3 is 0 Å². The van der Waals surface area contributed by atoms with Crippen molar-refractivity contribution in [1.29, 1.82) is 0 Å². The van der Waals surface area contributed by atoms with Crippen molar-refractivity contribution in [2.24, 2.45) is 0 Å². The maximum absolute atomic E-state index is 10.4. The fraction of sp³-hybridized carbons (Fsp3) is 0.400. The number of carbonyl (C=O) groups excluding carboxylic acids is 2. The lowest BCUT2D eigenvalue weighted by atomic mass is 10.2. The second-order valence-electron chi connectivity index (χ2n) is 2.60. The molecule has 0 aliphatic carbocycles. The first-order chi connectivity index (χ1) is 5.63. The zero-order chi connectivity index (χ0) is 9.40. The fourth-order valence-electron chi connectivity index (χ4n) is 0.691. The number of ketones is 2. The van der Waals surface area contributed by atoms with Crippen LogP contribution in [0.5, 0.6) is 0 Å². The van der Waals surface area contributed by atoms with Crippen molar-refractivity contribution in [2.45, 2.75) is 26.7 Å². The molecule has 2 heteroatoms. The lowest BCUT2D eigenvalue weighted by molar-refractivity contribution is -0.113. The van der Waals surface area contributed by atoms with Crippen molar-refractivity contribution in [3.8, 4) is 0 Å². The van der Waals surface area contributed by atoms with Crippen LogP contribution in [0.3, 0.4) is 0 Å². The van der Waals surface area contributed by atoms with Gasteiger partial charge < -0.3 is 0 Å². The van der Waals surface area contributed by atoms with Gasteiger partial charge in [0.2, 0.25) is 0 Å². The van der Waals surface area contributed by atoms with Gasteiger partial charge in [-0.1, -0.05) is 12.2 Å². The number of carbonyl (C=O) groups is 2. The highest BCUT2D eigenvalue weighted by atomic mass is 16.1. The van der Waals surface area contributed by atoms with E-state index in [-0.39, 0.29) is 11.6 Å². The Balaban J connectivity index is 3.45. The molecule has 0 radical (unpaired) electrons. The van der Waals surface area contributed by atoms with Crippen molar-refractivity contribution in [3.63, 3.8) is 0 Å². The Morgan fingerprint density at radius 3 is 1.50 bits per heavy atom. The Labute approximate surface area is 73.0 Å². The standard InChI is InChI=1S/C10H14O2/c1-9(11)7-5-3-4-6-8-10(2)12/h5-8H,3-4H2,1-2H3/b7-5+,8-6+. The summed E-state index contributed by atoms with van der Waals surface area (Å²) < 4.78 is 0. The molecule has 0 aromatic rings. The largest absolute Gasteiger partial charge is 0.295 e. The van der Waals surface area contributed by atoms with Crippen molar-refractivity contribution in [3.05, 3.63) is 24.3 Å². The van der Waals surface area contributed by atoms with Crippen LogP contribution in [0.15, 0.2) is 24.3 Å². The molecule has 0 unspecified atom stereocenters. The molecule has 0 aromatic carbocycles. The molecular formula is C10H14O2. The van der Waals surface area contributed by atoms with Crippen LogP contribution in [-0.2, 0) is 9.59 Å². The number of hydrogen-bond donors (Lipinski definition) is 0. The van der Waals surface area contributed by atoms with E-state index >= 15 is 0 Å². The molecule has 0 amide bonds. The van der Waals surface area contributed by atoms with Gasteiger partial charge in [0.15, 0.2) is 11.6 Å². The van der Waals surface area contributed by atoms with Crippen LogP contribution in [0.4, 0.5) is 0 Å². The van der Waals surface area contributed by atoms with Crippen LogP contribution >= 0.6 is 0 Å². The topological polar surface area (TPSA) is 34.1 Å². The lowest BCUT2D eigenvalue weighted by Gasteiger charge is -1.84. The molecule has 0 rings (SSSR count). The summed E-state index contributed by atoms with van der Waals surface area (Å²) in [5.41, 5.74) is 0. The Kier molecular flexibility index (Phi) is 5.88. The Morgan fingerprint density at radius 1 is 0.917 bits per heavy atom. The first-order valence-corrected chi connectivity index (χ1v) is 3.97. The predicted molar refractivity (Wildman–Crippen MR) is 48.9 cm³/mol. The van der Waals surface area contributed by atoms with E-state index in [4.69, 9.17) is 0 Å². The van der Waals surface area contributed by atoms with Gasteiger partial charge in [-0.3, -0.25) is 9.59 Å². The molecule has 0 aliphatic heterocycles. The van der Waals surface area contributed by atoms with Crippen molar-refractivity contribution >= 4 is 11.6 Å². The highest BCUT2D eigenvalue weighted by Crippen LogP contribution is 1.93. The maximum Gasteiger partial charge on any atom is 0.152 e. The van der Waals surface area contributed by atoms with Gasteiger partial charge in [-0.05, 0) is 38.8 Å². The van der Waals surface area contributed by atoms with Gasteiger partial charge in [0.05, 0.1) is 0 Å². The first kappa shape index (κ1) is 10.8. The van der Waals surface area contributed by atoms with Crippen LogP contribution in [0, 0.1) is 0 Å². The molecule has 0 fully saturated rings. The fourth-order valence-corrected chi connectivity index (χ4v) is 0.691. The molecule has 0 spiro atoms. The molecule has 66 valence electrons. The van der Waals surface area contributed by atoms with Crippen LogP contribution < -0.4 is 0 Å². The number of unbranched alkanes of at least 4 members (excludes halogenated alkanes) is 1. The number of hydrogen-bond acceptors (Lipinski definition) is 2. The molecule has 12 heavy (non-hydrogen) atoms. The second-order valence-corrected chi connectivity index (χ2v) is 2.60. The average molecular weight is 166 g/mol. The molecule has 2 nitrogen and oxygen atoms in total. The SMILES string of the molecule is CC(=O)/C=C/CC/C=C/C(C)=O. The highest BCUT2D eigenvalue weighted by molar-refractivity contribution is 5.87. The summed E-state index contributed by atoms with van der Waals surface area (Å²) in [5, 5.41) is 0. The molecule has 0 bridgehead atoms. The summed E-state index contributed by atoms with van der Waals surface area (Å²) in [7, 11) is 0. The van der Waals surface area contributed by atoms with Gasteiger partial charge in [0.1, 0.15) is 0 Å². The predicted octanol–water partition coefficient (Wildman–Crippen LogP) is 2.06. The van der Waals surface area contributed by atoms with Gasteiger partial charge in [-0.15, -0.1) is 0 Å². The van der Waals surface area contributed by atoms with E-state index in [1.54, 1.807) is 12.2 Å². The highest BCUT2D eigenvalue weighted by Gasteiger charge is 1.82. The third-order valence-corrected chi connectivity index (χ3v) is 1.21. The van der Waals surface area contributed by atoms with Crippen LogP contribution in [-0.4, -0.2) is 11.6 Å². The van der Waals surface area contributed by atoms with Gasteiger partial charge in [0.25, 0.3) is 0 Å². The zero-order valence-corrected chi connectivity index (χ0v) is 7.54. The van der Waals surface area contributed by atoms with E-state index in [0.29, 0.717) is 0 Å². The van der Waals surface area contributed by atoms with Crippen molar-refractivity contribution in [1.82, 2.24) is 0 Å². The number of rotatable bonds is 5. The Hall–Kier alpha value is -1.18. The van der Waals surface area contributed by atoms with E-state index in [9.17, 15) is 9.59 Å². The van der Waals surface area contributed by atoms with Gasteiger partial charge in [-0.2, -0.15) is 0 Å². The third-order valence-electron chi connectivity index (χ3n) is 1.21. The average Bonchev–Trinajstić information content (AvgIpc) is 1.95. The summed E-state index contributed by atoms with van der Waals surface area (Å²) in [6.45, 7) is 3.03. The zero-order valence-electron chi connectivity index (χ0n) is 7.54. The van der Waals surface area contributed by atoms with E-state index in [2.05, 4.69) is 0 Å².